The van der Waals surface area contributed by atoms with Crippen LogP contribution in [-0.4, -0.2) is 64.7 Å². The highest BCUT2D eigenvalue weighted by atomic mass is 16.6. The Labute approximate surface area is 162 Å². The number of rotatable bonds is 2. The van der Waals surface area contributed by atoms with Crippen LogP contribution in [0.15, 0.2) is 42.7 Å². The average Bonchev–Trinajstić information content (AvgIpc) is 2.74. The lowest BCUT2D eigenvalue weighted by atomic mass is 10.1. The molecule has 0 bridgehead atoms. The van der Waals surface area contributed by atoms with Crippen LogP contribution < -0.4 is 5.32 Å². The van der Waals surface area contributed by atoms with Crippen LogP contribution in [0.5, 0.6) is 0 Å². The summed E-state index contributed by atoms with van der Waals surface area (Å²) in [5.74, 6) is 0. The molecule has 0 unspecified atom stereocenters. The molecule has 4 rings (SSSR count). The van der Waals surface area contributed by atoms with Crippen LogP contribution in [0.2, 0.25) is 0 Å². The van der Waals surface area contributed by atoms with E-state index in [1.54, 1.807) is 29.1 Å². The number of nitrogens with one attached hydrogen (secondary N) is 1. The number of hydrogen-bond acceptors (Lipinski definition) is 5. The molecule has 3 aromatic rings. The van der Waals surface area contributed by atoms with E-state index in [-0.39, 0.29) is 12.1 Å². The van der Waals surface area contributed by atoms with Gasteiger partial charge in [-0.05, 0) is 31.2 Å². The van der Waals surface area contributed by atoms with Gasteiger partial charge >= 0.3 is 12.1 Å². The van der Waals surface area contributed by atoms with Crippen molar-refractivity contribution >= 4 is 39.6 Å². The number of ether oxygens (including phenoxy) is 1. The van der Waals surface area contributed by atoms with Crippen molar-refractivity contribution in [2.45, 2.75) is 6.92 Å². The summed E-state index contributed by atoms with van der Waals surface area (Å²) in [6.45, 7) is 3.92. The first-order chi connectivity index (χ1) is 13.7. The maximum Gasteiger partial charge on any atom is 0.409 e. The number of pyridine rings is 2. The summed E-state index contributed by atoms with van der Waals surface area (Å²) in [4.78, 5) is 36.8. The van der Waals surface area contributed by atoms with E-state index in [4.69, 9.17) is 4.74 Å². The molecule has 8 heteroatoms. The Morgan fingerprint density at radius 1 is 1.04 bits per heavy atom. The summed E-state index contributed by atoms with van der Waals surface area (Å²) in [6.07, 6.45) is 3.11. The lowest BCUT2D eigenvalue weighted by Gasteiger charge is -2.34. The Balaban J connectivity index is 1.53. The monoisotopic (exact) mass is 379 g/mol. The first-order valence-electron chi connectivity index (χ1n) is 9.27. The molecule has 0 aliphatic carbocycles. The topological polar surface area (TPSA) is 87.7 Å². The number of fused-ring (bicyclic) bond motifs is 3. The molecule has 1 fully saturated rings. The average molecular weight is 379 g/mol. The molecule has 0 spiro atoms. The van der Waals surface area contributed by atoms with Gasteiger partial charge in [-0.25, -0.2) is 9.59 Å². The molecule has 3 heterocycles. The highest BCUT2D eigenvalue weighted by molar-refractivity contribution is 6.11. The fraction of sp³-hybridized carbons (Fsp3) is 0.300. The van der Waals surface area contributed by atoms with Gasteiger partial charge in [0.2, 0.25) is 0 Å². The van der Waals surface area contributed by atoms with Gasteiger partial charge < -0.3 is 19.9 Å². The van der Waals surface area contributed by atoms with Gasteiger partial charge in [0, 0.05) is 49.3 Å². The molecule has 1 aliphatic rings. The third kappa shape index (κ3) is 3.40. The fourth-order valence-corrected chi connectivity index (χ4v) is 3.39. The lowest BCUT2D eigenvalue weighted by molar-refractivity contribution is 0.0869. The number of anilines is 1. The minimum atomic E-state index is -0.334. The zero-order valence-corrected chi connectivity index (χ0v) is 15.6. The second-order valence-corrected chi connectivity index (χ2v) is 6.50. The molecule has 2 aromatic heterocycles. The molecule has 144 valence electrons. The third-order valence-electron chi connectivity index (χ3n) is 4.79. The van der Waals surface area contributed by atoms with Crippen molar-refractivity contribution in [3.8, 4) is 0 Å². The van der Waals surface area contributed by atoms with Crippen molar-refractivity contribution in [1.82, 2.24) is 19.8 Å². The molecule has 1 saturated heterocycles. The second kappa shape index (κ2) is 7.67. The number of urea groups is 1. The predicted molar refractivity (Wildman–Crippen MR) is 106 cm³/mol. The van der Waals surface area contributed by atoms with E-state index in [1.165, 1.54) is 0 Å². The van der Waals surface area contributed by atoms with Gasteiger partial charge in [-0.1, -0.05) is 6.07 Å². The first-order valence-corrected chi connectivity index (χ1v) is 9.27. The molecule has 28 heavy (non-hydrogen) atoms. The van der Waals surface area contributed by atoms with E-state index in [1.807, 2.05) is 30.3 Å². The summed E-state index contributed by atoms with van der Waals surface area (Å²) in [7, 11) is 0. The molecule has 0 atom stereocenters. The molecule has 1 aliphatic heterocycles. The van der Waals surface area contributed by atoms with Gasteiger partial charge in [0.05, 0.1) is 23.3 Å². The molecule has 1 N–H and O–H groups in total. The minimum absolute atomic E-state index is 0.210. The van der Waals surface area contributed by atoms with E-state index in [0.29, 0.717) is 44.0 Å². The zero-order valence-electron chi connectivity index (χ0n) is 15.6. The summed E-state index contributed by atoms with van der Waals surface area (Å²) < 4.78 is 5.02. The highest BCUT2D eigenvalue weighted by Crippen LogP contribution is 2.29. The number of aromatic nitrogens is 2. The number of carbonyl (C=O) groups excluding carboxylic acids is 2. The van der Waals surface area contributed by atoms with Crippen molar-refractivity contribution < 1.29 is 14.3 Å². The quantitative estimate of drug-likeness (QED) is 0.692. The Morgan fingerprint density at radius 2 is 1.71 bits per heavy atom. The van der Waals surface area contributed by atoms with Gasteiger partial charge in [-0.15, -0.1) is 0 Å². The minimum Gasteiger partial charge on any atom is -0.450 e. The molecule has 1 aromatic carbocycles. The van der Waals surface area contributed by atoms with E-state index in [9.17, 15) is 9.59 Å². The van der Waals surface area contributed by atoms with E-state index in [2.05, 4.69) is 15.3 Å². The molecule has 8 nitrogen and oxygen atoms in total. The zero-order chi connectivity index (χ0) is 19.5. The molecule has 3 amide bonds. The summed E-state index contributed by atoms with van der Waals surface area (Å²) in [5, 5.41) is 4.81. The number of nitrogens with zero attached hydrogens (tertiary/aromatic N) is 4. The lowest BCUT2D eigenvalue weighted by Crippen LogP contribution is -2.51. The van der Waals surface area contributed by atoms with Crippen molar-refractivity contribution in [3.63, 3.8) is 0 Å². The summed E-state index contributed by atoms with van der Waals surface area (Å²) in [6, 6.07) is 9.32. The van der Waals surface area contributed by atoms with Crippen LogP contribution in [0, 0.1) is 0 Å². The van der Waals surface area contributed by atoms with E-state index < -0.39 is 0 Å². The van der Waals surface area contributed by atoms with Crippen LogP contribution >= 0.6 is 0 Å². The Bertz CT molecular complexity index is 1030. The standard InChI is InChI=1S/C20H21N5O3/c1-2-28-20(27)25-11-9-24(10-12-25)19(26)23-16-13-14-5-3-7-21-17(14)15-6-4-8-22-18(15)16/h3-8,13H,2,9-12H2,1H3,(H,23,26). The van der Waals surface area contributed by atoms with Crippen LogP contribution in [0.1, 0.15) is 6.92 Å². The van der Waals surface area contributed by atoms with Gasteiger partial charge in [0.1, 0.15) is 0 Å². The number of carbonyl (C=O) groups is 2. The Morgan fingerprint density at radius 3 is 2.46 bits per heavy atom. The van der Waals surface area contributed by atoms with Crippen molar-refractivity contribution in [1.29, 1.82) is 0 Å². The number of piperazine rings is 1. The number of benzene rings is 1. The smallest absolute Gasteiger partial charge is 0.409 e. The molecule has 0 radical (unpaired) electrons. The maximum absolute atomic E-state index is 12.8. The van der Waals surface area contributed by atoms with Crippen LogP contribution in [0.25, 0.3) is 21.8 Å². The first kappa shape index (κ1) is 18.0. The largest absolute Gasteiger partial charge is 0.450 e. The SMILES string of the molecule is CCOC(=O)N1CCN(C(=O)Nc2cc3cccnc3c3cccnc23)CC1. The summed E-state index contributed by atoms with van der Waals surface area (Å²) >= 11 is 0. The van der Waals surface area contributed by atoms with Crippen molar-refractivity contribution in [2.75, 3.05) is 38.1 Å². The van der Waals surface area contributed by atoms with Crippen LogP contribution in [0.4, 0.5) is 15.3 Å². The Hall–Kier alpha value is -3.42. The van der Waals surface area contributed by atoms with Gasteiger partial charge in [-0.2, -0.15) is 0 Å². The predicted octanol–water partition coefficient (Wildman–Crippen LogP) is 3.09. The normalized spacial score (nSPS) is 14.3. The molecule has 0 saturated carbocycles. The van der Waals surface area contributed by atoms with Crippen LogP contribution in [0.3, 0.4) is 0 Å². The highest BCUT2D eigenvalue weighted by Gasteiger charge is 2.25. The maximum atomic E-state index is 12.8. The van der Waals surface area contributed by atoms with Gasteiger partial charge in [0.25, 0.3) is 0 Å². The molecular formula is C20H21N5O3. The van der Waals surface area contributed by atoms with Crippen molar-refractivity contribution in [2.24, 2.45) is 0 Å². The third-order valence-corrected chi connectivity index (χ3v) is 4.79. The fourth-order valence-electron chi connectivity index (χ4n) is 3.39. The van der Waals surface area contributed by atoms with Crippen LogP contribution in [-0.2, 0) is 4.74 Å². The second-order valence-electron chi connectivity index (χ2n) is 6.50. The van der Waals surface area contributed by atoms with Gasteiger partial charge in [-0.3, -0.25) is 9.97 Å². The van der Waals surface area contributed by atoms with E-state index >= 15 is 0 Å². The molecular weight excluding hydrogens is 358 g/mol. The number of amides is 3. The Kier molecular flexibility index (Phi) is 4.92. The number of hydrogen-bond donors (Lipinski definition) is 1. The van der Waals surface area contributed by atoms with Gasteiger partial charge in [0.15, 0.2) is 0 Å². The van der Waals surface area contributed by atoms with Crippen molar-refractivity contribution in [3.05, 3.63) is 42.7 Å². The van der Waals surface area contributed by atoms with E-state index in [0.717, 1.165) is 16.3 Å². The summed E-state index contributed by atoms with van der Waals surface area (Å²) in [5.41, 5.74) is 2.20.